The summed E-state index contributed by atoms with van der Waals surface area (Å²) in [6.07, 6.45) is 5.46. The fraction of sp³-hybridized carbons (Fsp3) is 0.462. The van der Waals surface area contributed by atoms with E-state index in [0.717, 1.165) is 22.7 Å². The number of nitrogens with one attached hydrogen (secondary N) is 1. The van der Waals surface area contributed by atoms with Gasteiger partial charge in [0.15, 0.2) is 4.34 Å². The number of aromatic nitrogens is 1. The topological polar surface area (TPSA) is 50.9 Å². The van der Waals surface area contributed by atoms with E-state index in [-0.39, 0.29) is 0 Å². The first kappa shape index (κ1) is 12.3. The number of benzene rings is 1. The van der Waals surface area contributed by atoms with Crippen LogP contribution in [0.15, 0.2) is 22.5 Å². The van der Waals surface area contributed by atoms with Crippen LogP contribution in [0.3, 0.4) is 0 Å². The van der Waals surface area contributed by atoms with Crippen LogP contribution < -0.4 is 11.1 Å². The number of thiazole rings is 1. The first-order chi connectivity index (χ1) is 8.74. The van der Waals surface area contributed by atoms with E-state index < -0.39 is 0 Å². The lowest BCUT2D eigenvalue weighted by molar-refractivity contribution is 0.688. The number of rotatable bonds is 3. The summed E-state index contributed by atoms with van der Waals surface area (Å²) < 4.78 is 2.39. The van der Waals surface area contributed by atoms with Crippen molar-refractivity contribution in [2.45, 2.75) is 35.7 Å². The number of hydrogen-bond donors (Lipinski definition) is 2. The van der Waals surface area contributed by atoms with Gasteiger partial charge in [0, 0.05) is 17.8 Å². The van der Waals surface area contributed by atoms with Crippen molar-refractivity contribution in [1.82, 2.24) is 4.98 Å². The highest BCUT2D eigenvalue weighted by Crippen LogP contribution is 2.31. The molecule has 1 aromatic carbocycles. The van der Waals surface area contributed by atoms with Crippen LogP contribution in [0, 0.1) is 0 Å². The monoisotopic (exact) mass is 279 g/mol. The van der Waals surface area contributed by atoms with Crippen molar-refractivity contribution in [2.75, 3.05) is 11.6 Å². The molecule has 3 N–H and O–H groups in total. The number of nitrogens with two attached hydrogens (primary N) is 1. The summed E-state index contributed by atoms with van der Waals surface area (Å²) >= 11 is 3.46. The summed E-state index contributed by atoms with van der Waals surface area (Å²) in [6, 6.07) is 7.33. The first-order valence-corrected chi connectivity index (χ1v) is 8.25. The average Bonchev–Trinajstić information content (AvgIpc) is 2.94. The maximum atomic E-state index is 5.94. The van der Waals surface area contributed by atoms with Crippen LogP contribution >= 0.6 is 23.1 Å². The van der Waals surface area contributed by atoms with Crippen LogP contribution in [0.4, 0.5) is 5.69 Å². The molecule has 1 aliphatic rings. The fourth-order valence-electron chi connectivity index (χ4n) is 2.46. The predicted octanol–water partition coefficient (Wildman–Crippen LogP) is 3.31. The molecule has 2 unspecified atom stereocenters. The van der Waals surface area contributed by atoms with Gasteiger partial charge < -0.3 is 11.1 Å². The predicted molar refractivity (Wildman–Crippen MR) is 80.6 cm³/mol. The van der Waals surface area contributed by atoms with E-state index >= 15 is 0 Å². The van der Waals surface area contributed by atoms with Gasteiger partial charge in [-0.15, -0.1) is 11.3 Å². The highest BCUT2D eigenvalue weighted by atomic mass is 32.2. The minimum atomic E-state index is 0.373. The van der Waals surface area contributed by atoms with Gasteiger partial charge in [-0.25, -0.2) is 4.98 Å². The molecule has 1 saturated carbocycles. The lowest BCUT2D eigenvalue weighted by Gasteiger charge is -2.13. The van der Waals surface area contributed by atoms with E-state index in [4.69, 9.17) is 5.73 Å². The van der Waals surface area contributed by atoms with Crippen molar-refractivity contribution in [1.29, 1.82) is 0 Å². The van der Waals surface area contributed by atoms with E-state index in [9.17, 15) is 0 Å². The second-order valence-electron chi connectivity index (χ2n) is 4.78. The van der Waals surface area contributed by atoms with Crippen LogP contribution in [-0.2, 0) is 0 Å². The molecule has 5 heteroatoms. The lowest BCUT2D eigenvalue weighted by Crippen LogP contribution is -2.20. The van der Waals surface area contributed by atoms with Crippen molar-refractivity contribution < 1.29 is 0 Å². The third-order valence-electron chi connectivity index (χ3n) is 3.39. The Labute approximate surface area is 115 Å². The Balaban J connectivity index is 1.80. The molecule has 0 aliphatic heterocycles. The zero-order valence-electron chi connectivity index (χ0n) is 10.3. The third-order valence-corrected chi connectivity index (χ3v) is 5.39. The highest BCUT2D eigenvalue weighted by Gasteiger charge is 2.21. The Kier molecular flexibility index (Phi) is 3.46. The lowest BCUT2D eigenvalue weighted by atomic mass is 10.2. The Morgan fingerprint density at radius 2 is 2.33 bits per heavy atom. The van der Waals surface area contributed by atoms with Gasteiger partial charge in [-0.2, -0.15) is 0 Å². The molecule has 0 radical (unpaired) electrons. The van der Waals surface area contributed by atoms with Gasteiger partial charge in [0.25, 0.3) is 0 Å². The van der Waals surface area contributed by atoms with Crippen molar-refractivity contribution >= 4 is 39.0 Å². The summed E-state index contributed by atoms with van der Waals surface area (Å²) in [7, 11) is 0. The number of thioether (sulfide) groups is 1. The molecule has 2 aromatic rings. The zero-order chi connectivity index (χ0) is 12.5. The van der Waals surface area contributed by atoms with Crippen LogP contribution in [0.1, 0.15) is 19.3 Å². The maximum absolute atomic E-state index is 5.94. The normalized spacial score (nSPS) is 23.7. The Hall–Kier alpha value is -0.780. The summed E-state index contributed by atoms with van der Waals surface area (Å²) in [4.78, 5) is 4.55. The van der Waals surface area contributed by atoms with E-state index in [0.29, 0.717) is 12.1 Å². The van der Waals surface area contributed by atoms with Crippen molar-refractivity contribution in [3.63, 3.8) is 0 Å². The molecule has 1 aromatic heterocycles. The Bertz CT molecular complexity index is 552. The van der Waals surface area contributed by atoms with Crippen LogP contribution in [0.2, 0.25) is 0 Å². The smallest absolute Gasteiger partial charge is 0.150 e. The fourth-order valence-corrected chi connectivity index (χ4v) is 3.99. The van der Waals surface area contributed by atoms with Crippen molar-refractivity contribution in [2.24, 2.45) is 5.73 Å². The molecule has 18 heavy (non-hydrogen) atoms. The number of hydrogen-bond acceptors (Lipinski definition) is 5. The first-order valence-electron chi connectivity index (χ1n) is 6.21. The Morgan fingerprint density at radius 1 is 1.44 bits per heavy atom. The van der Waals surface area contributed by atoms with Crippen molar-refractivity contribution in [3.05, 3.63) is 18.2 Å². The van der Waals surface area contributed by atoms with Gasteiger partial charge >= 0.3 is 0 Å². The van der Waals surface area contributed by atoms with E-state index in [1.165, 1.54) is 16.8 Å². The van der Waals surface area contributed by atoms with Gasteiger partial charge in [-0.1, -0.05) is 11.8 Å². The molecule has 0 saturated heterocycles. The van der Waals surface area contributed by atoms with Crippen molar-refractivity contribution in [3.8, 4) is 0 Å². The summed E-state index contributed by atoms with van der Waals surface area (Å²) in [5.74, 6) is 0. The zero-order valence-corrected chi connectivity index (χ0v) is 12.0. The molecule has 96 valence electrons. The molecule has 3 nitrogen and oxygen atoms in total. The molecule has 3 rings (SSSR count). The van der Waals surface area contributed by atoms with Crippen LogP contribution in [-0.4, -0.2) is 23.3 Å². The molecule has 2 atom stereocenters. The molecule has 0 amide bonds. The van der Waals surface area contributed by atoms with E-state index in [2.05, 4.69) is 34.8 Å². The SMILES string of the molecule is CSc1nc2ccc(NC3CCC(N)C3)cc2s1. The third kappa shape index (κ3) is 2.48. The number of nitrogens with zero attached hydrogens (tertiary/aromatic N) is 1. The molecule has 0 bridgehead atoms. The van der Waals surface area contributed by atoms with Gasteiger partial charge in [-0.3, -0.25) is 0 Å². The molecule has 1 aliphatic carbocycles. The minimum absolute atomic E-state index is 0.373. The minimum Gasteiger partial charge on any atom is -0.382 e. The highest BCUT2D eigenvalue weighted by molar-refractivity contribution is 8.00. The van der Waals surface area contributed by atoms with E-state index in [1.54, 1.807) is 23.1 Å². The molecular weight excluding hydrogens is 262 g/mol. The maximum Gasteiger partial charge on any atom is 0.150 e. The summed E-state index contributed by atoms with van der Waals surface area (Å²) in [6.45, 7) is 0. The second kappa shape index (κ2) is 5.07. The molecule has 1 fully saturated rings. The van der Waals surface area contributed by atoms with Gasteiger partial charge in [0.2, 0.25) is 0 Å². The average molecular weight is 279 g/mol. The van der Waals surface area contributed by atoms with Gasteiger partial charge in [0.1, 0.15) is 0 Å². The molecule has 1 heterocycles. The van der Waals surface area contributed by atoms with Gasteiger partial charge in [0.05, 0.1) is 10.2 Å². The second-order valence-corrected chi connectivity index (χ2v) is 6.86. The standard InChI is InChI=1S/C13H17N3S2/c1-17-13-16-11-5-4-10(7-12(11)18-13)15-9-3-2-8(14)6-9/h4-5,7-9,15H,2-3,6,14H2,1H3. The van der Waals surface area contributed by atoms with Gasteiger partial charge in [-0.05, 0) is 43.7 Å². The summed E-state index contributed by atoms with van der Waals surface area (Å²) in [5, 5.41) is 3.58. The Morgan fingerprint density at radius 3 is 3.06 bits per heavy atom. The summed E-state index contributed by atoms with van der Waals surface area (Å²) in [5.41, 5.74) is 8.23. The largest absolute Gasteiger partial charge is 0.382 e. The van der Waals surface area contributed by atoms with Crippen LogP contribution in [0.5, 0.6) is 0 Å². The molecule has 0 spiro atoms. The molecular formula is C13H17N3S2. The quantitative estimate of drug-likeness (QED) is 0.846. The number of anilines is 1. The number of fused-ring (bicyclic) bond motifs is 1. The van der Waals surface area contributed by atoms with Crippen LogP contribution in [0.25, 0.3) is 10.2 Å². The van der Waals surface area contributed by atoms with E-state index in [1.807, 2.05) is 0 Å².